The number of Topliss-reactive ketones (excluding diaryl/α,β-unsaturated/α-hetero) is 2. The highest BCUT2D eigenvalue weighted by Crippen LogP contribution is 2.27. The van der Waals surface area contributed by atoms with Crippen LogP contribution in [0.1, 0.15) is 23.7 Å². The molecule has 0 unspecified atom stereocenters. The summed E-state index contributed by atoms with van der Waals surface area (Å²) < 4.78 is 5.39. The topological polar surface area (TPSA) is 43.4 Å². The first-order valence-corrected chi connectivity index (χ1v) is 4.48. The van der Waals surface area contributed by atoms with Crippen LogP contribution in [0.3, 0.4) is 0 Å². The van der Waals surface area contributed by atoms with E-state index in [9.17, 15) is 9.59 Å². The smallest absolute Gasteiger partial charge is 0.170 e. The molecular weight excluding hydrogens is 180 g/mol. The van der Waals surface area contributed by atoms with E-state index in [0.717, 1.165) is 0 Å². The van der Waals surface area contributed by atoms with Gasteiger partial charge in [0.25, 0.3) is 0 Å². The number of carbonyl (C=O) groups is 2. The van der Waals surface area contributed by atoms with Gasteiger partial charge in [0, 0.05) is 0 Å². The third-order valence-corrected chi connectivity index (χ3v) is 2.28. The highest BCUT2D eigenvalue weighted by molar-refractivity contribution is 6.02. The van der Waals surface area contributed by atoms with Gasteiger partial charge in [-0.2, -0.15) is 0 Å². The van der Waals surface area contributed by atoms with E-state index in [1.165, 1.54) is 6.92 Å². The molecule has 1 aliphatic rings. The summed E-state index contributed by atoms with van der Waals surface area (Å²) in [7, 11) is 0. The number of fused-ring (bicyclic) bond motifs is 1. The third kappa shape index (κ3) is 1.41. The summed E-state index contributed by atoms with van der Waals surface area (Å²) in [6.07, 6.45) is -0.441. The Hall–Kier alpha value is -1.64. The summed E-state index contributed by atoms with van der Waals surface area (Å²) in [5.41, 5.74) is 0.574. The Labute approximate surface area is 81.7 Å². The Morgan fingerprint density at radius 1 is 1.43 bits per heavy atom. The molecule has 0 saturated carbocycles. The normalized spacial score (nSPS) is 19.8. The monoisotopic (exact) mass is 190 g/mol. The number of hydrogen-bond donors (Lipinski definition) is 0. The molecule has 14 heavy (non-hydrogen) atoms. The van der Waals surface area contributed by atoms with Crippen LogP contribution in [-0.2, 0) is 4.79 Å². The van der Waals surface area contributed by atoms with E-state index in [0.29, 0.717) is 11.3 Å². The third-order valence-electron chi connectivity index (χ3n) is 2.28. The van der Waals surface area contributed by atoms with Gasteiger partial charge in [-0.1, -0.05) is 12.1 Å². The maximum Gasteiger partial charge on any atom is 0.170 e. The average molecular weight is 190 g/mol. The van der Waals surface area contributed by atoms with Crippen LogP contribution in [0, 0.1) is 0 Å². The molecular formula is C11H10O3. The van der Waals surface area contributed by atoms with E-state index in [1.54, 1.807) is 24.3 Å². The van der Waals surface area contributed by atoms with Crippen molar-refractivity contribution in [3.05, 3.63) is 29.8 Å². The highest BCUT2D eigenvalue weighted by Gasteiger charge is 2.28. The van der Waals surface area contributed by atoms with Gasteiger partial charge in [-0.05, 0) is 19.1 Å². The summed E-state index contributed by atoms with van der Waals surface area (Å²) in [4.78, 5) is 22.6. The van der Waals surface area contributed by atoms with Gasteiger partial charge < -0.3 is 4.74 Å². The van der Waals surface area contributed by atoms with Crippen LogP contribution in [0.5, 0.6) is 5.75 Å². The quantitative estimate of drug-likeness (QED) is 0.675. The maximum absolute atomic E-state index is 11.6. The van der Waals surface area contributed by atoms with E-state index in [2.05, 4.69) is 0 Å². The first-order chi connectivity index (χ1) is 6.68. The Morgan fingerprint density at radius 2 is 2.14 bits per heavy atom. The second kappa shape index (κ2) is 3.25. The lowest BCUT2D eigenvalue weighted by molar-refractivity contribution is -0.123. The van der Waals surface area contributed by atoms with Gasteiger partial charge in [0.15, 0.2) is 17.7 Å². The van der Waals surface area contributed by atoms with E-state index >= 15 is 0 Å². The van der Waals surface area contributed by atoms with Gasteiger partial charge in [0.2, 0.25) is 0 Å². The summed E-state index contributed by atoms with van der Waals surface area (Å²) in [6.45, 7) is 1.44. The zero-order chi connectivity index (χ0) is 10.1. The summed E-state index contributed by atoms with van der Waals surface area (Å²) in [5, 5.41) is 0. The second-order valence-electron chi connectivity index (χ2n) is 3.34. The van der Waals surface area contributed by atoms with Crippen LogP contribution in [0.15, 0.2) is 24.3 Å². The van der Waals surface area contributed by atoms with Crippen molar-refractivity contribution in [3.63, 3.8) is 0 Å². The van der Waals surface area contributed by atoms with Crippen molar-refractivity contribution >= 4 is 11.6 Å². The molecule has 2 rings (SSSR count). The minimum Gasteiger partial charge on any atom is -0.481 e. The number of para-hydroxylation sites is 1. The molecule has 1 aliphatic heterocycles. The fourth-order valence-electron chi connectivity index (χ4n) is 1.50. The minimum absolute atomic E-state index is 0.0212. The van der Waals surface area contributed by atoms with Crippen LogP contribution < -0.4 is 4.74 Å². The summed E-state index contributed by atoms with van der Waals surface area (Å²) >= 11 is 0. The molecule has 1 atom stereocenters. The molecule has 0 aromatic heterocycles. The fraction of sp³-hybridized carbons (Fsp3) is 0.273. The first-order valence-electron chi connectivity index (χ1n) is 4.48. The molecule has 1 aromatic carbocycles. The van der Waals surface area contributed by atoms with E-state index in [4.69, 9.17) is 4.74 Å². The molecule has 0 N–H and O–H groups in total. The Morgan fingerprint density at radius 3 is 2.86 bits per heavy atom. The molecule has 1 aromatic rings. The van der Waals surface area contributed by atoms with E-state index in [-0.39, 0.29) is 18.0 Å². The van der Waals surface area contributed by atoms with Crippen molar-refractivity contribution < 1.29 is 14.3 Å². The van der Waals surface area contributed by atoms with Crippen molar-refractivity contribution in [2.45, 2.75) is 19.4 Å². The lowest BCUT2D eigenvalue weighted by atomic mass is 9.99. The van der Waals surface area contributed by atoms with E-state index < -0.39 is 6.10 Å². The van der Waals surface area contributed by atoms with E-state index in [1.807, 2.05) is 0 Å². The van der Waals surface area contributed by atoms with Crippen LogP contribution in [0.4, 0.5) is 0 Å². The molecule has 0 aliphatic carbocycles. The second-order valence-corrected chi connectivity index (χ2v) is 3.34. The number of carbonyl (C=O) groups excluding carboxylic acids is 2. The first kappa shape index (κ1) is 8.94. The van der Waals surface area contributed by atoms with Gasteiger partial charge >= 0.3 is 0 Å². The molecule has 0 saturated heterocycles. The molecule has 3 nitrogen and oxygen atoms in total. The number of hydrogen-bond acceptors (Lipinski definition) is 3. The molecule has 1 heterocycles. The Kier molecular flexibility index (Phi) is 2.08. The Bertz CT molecular complexity index is 395. The van der Waals surface area contributed by atoms with Gasteiger partial charge in [-0.25, -0.2) is 0 Å². The number of rotatable bonds is 1. The van der Waals surface area contributed by atoms with Gasteiger partial charge in [0.1, 0.15) is 5.75 Å². The van der Waals surface area contributed by atoms with Crippen LogP contribution in [0.2, 0.25) is 0 Å². The molecule has 3 heteroatoms. The molecule has 0 spiro atoms. The number of ketones is 2. The highest BCUT2D eigenvalue weighted by atomic mass is 16.5. The van der Waals surface area contributed by atoms with Crippen molar-refractivity contribution in [2.75, 3.05) is 0 Å². The molecule has 0 bridgehead atoms. The number of benzene rings is 1. The SMILES string of the molecule is CC(=O)[C@H]1CC(=O)c2ccccc2O1. The molecule has 0 radical (unpaired) electrons. The maximum atomic E-state index is 11.6. The van der Waals surface area contributed by atoms with Crippen LogP contribution in [0.25, 0.3) is 0 Å². The zero-order valence-electron chi connectivity index (χ0n) is 7.82. The summed E-state index contributed by atoms with van der Waals surface area (Å²) in [6, 6.07) is 7.00. The van der Waals surface area contributed by atoms with Crippen LogP contribution >= 0.6 is 0 Å². The lowest BCUT2D eigenvalue weighted by Gasteiger charge is -2.22. The predicted octanol–water partition coefficient (Wildman–Crippen LogP) is 1.61. The minimum atomic E-state index is -0.600. The zero-order valence-corrected chi connectivity index (χ0v) is 7.82. The molecule has 72 valence electrons. The average Bonchev–Trinajstić information content (AvgIpc) is 2.17. The lowest BCUT2D eigenvalue weighted by Crippen LogP contribution is -2.32. The van der Waals surface area contributed by atoms with Crippen LogP contribution in [-0.4, -0.2) is 17.7 Å². The van der Waals surface area contributed by atoms with Crippen molar-refractivity contribution in [1.29, 1.82) is 0 Å². The fourth-order valence-corrected chi connectivity index (χ4v) is 1.50. The van der Waals surface area contributed by atoms with Gasteiger partial charge in [0.05, 0.1) is 12.0 Å². The van der Waals surface area contributed by atoms with Crippen molar-refractivity contribution in [1.82, 2.24) is 0 Å². The van der Waals surface area contributed by atoms with Crippen molar-refractivity contribution in [2.24, 2.45) is 0 Å². The summed E-state index contributed by atoms with van der Waals surface area (Å²) in [5.74, 6) is 0.392. The molecule has 0 amide bonds. The Balaban J connectivity index is 2.38. The van der Waals surface area contributed by atoms with Gasteiger partial charge in [-0.3, -0.25) is 9.59 Å². The van der Waals surface area contributed by atoms with Gasteiger partial charge in [-0.15, -0.1) is 0 Å². The number of ether oxygens (including phenoxy) is 1. The predicted molar refractivity (Wildman–Crippen MR) is 50.5 cm³/mol. The largest absolute Gasteiger partial charge is 0.481 e. The molecule has 0 fully saturated rings. The standard InChI is InChI=1S/C11H10O3/c1-7(12)11-6-9(13)8-4-2-3-5-10(8)14-11/h2-5,11H,6H2,1H3/t11-/m1/s1. The van der Waals surface area contributed by atoms with Crippen molar-refractivity contribution in [3.8, 4) is 5.75 Å².